The van der Waals surface area contributed by atoms with Crippen molar-refractivity contribution >= 4 is 11.9 Å². The van der Waals surface area contributed by atoms with E-state index >= 15 is 0 Å². The molecule has 6 heteroatoms. The van der Waals surface area contributed by atoms with Crippen molar-refractivity contribution in [3.05, 3.63) is 23.0 Å². The maximum Gasteiger partial charge on any atom is 0.333 e. The van der Waals surface area contributed by atoms with Crippen molar-refractivity contribution in [3.8, 4) is 0 Å². The summed E-state index contributed by atoms with van der Waals surface area (Å²) in [6.45, 7) is 1.68. The molecule has 0 spiro atoms. The Kier molecular flexibility index (Phi) is 3.45. The van der Waals surface area contributed by atoms with Crippen LogP contribution in [0.3, 0.4) is 0 Å². The van der Waals surface area contributed by atoms with Crippen molar-refractivity contribution in [1.82, 2.24) is 4.90 Å². The third kappa shape index (κ3) is 2.25. The first-order valence-electron chi connectivity index (χ1n) is 5.12. The topological polar surface area (TPSA) is 104 Å². The number of nitrogens with two attached hydrogens (primary N) is 1. The van der Waals surface area contributed by atoms with Crippen LogP contribution in [0, 0.1) is 11.8 Å². The number of aliphatic carboxylic acids is 2. The lowest BCUT2D eigenvalue weighted by Crippen LogP contribution is -2.36. The largest absolute Gasteiger partial charge is 0.480 e. The van der Waals surface area contributed by atoms with E-state index in [1.807, 2.05) is 0 Å². The quantitative estimate of drug-likeness (QED) is 0.645. The van der Waals surface area contributed by atoms with E-state index in [4.69, 9.17) is 15.9 Å². The number of allylic oxidation sites excluding steroid dienone is 1. The molecule has 1 aliphatic rings. The molecule has 0 saturated heterocycles. The molecule has 0 radical (unpaired) electrons. The maximum atomic E-state index is 11.2. The molecule has 0 aromatic rings. The minimum Gasteiger partial charge on any atom is -0.480 e. The number of carboxylic acids is 2. The summed E-state index contributed by atoms with van der Waals surface area (Å²) in [6, 6.07) is 0. The third-order valence-electron chi connectivity index (χ3n) is 2.79. The smallest absolute Gasteiger partial charge is 0.333 e. The summed E-state index contributed by atoms with van der Waals surface area (Å²) in [6.07, 6.45) is 1.62. The molecule has 2 unspecified atom stereocenters. The van der Waals surface area contributed by atoms with E-state index in [0.29, 0.717) is 5.70 Å². The third-order valence-corrected chi connectivity index (χ3v) is 2.79. The van der Waals surface area contributed by atoms with Gasteiger partial charge in [0, 0.05) is 31.4 Å². The van der Waals surface area contributed by atoms with Crippen LogP contribution in [-0.4, -0.2) is 41.1 Å². The molecule has 17 heavy (non-hydrogen) atoms. The molecular weight excluding hydrogens is 224 g/mol. The first-order chi connectivity index (χ1) is 7.77. The summed E-state index contributed by atoms with van der Waals surface area (Å²) < 4.78 is 0. The first kappa shape index (κ1) is 13.1. The van der Waals surface area contributed by atoms with Gasteiger partial charge in [0.1, 0.15) is 5.92 Å². The van der Waals surface area contributed by atoms with Crippen molar-refractivity contribution in [3.63, 3.8) is 0 Å². The number of rotatable bonds is 3. The van der Waals surface area contributed by atoms with Gasteiger partial charge in [0.25, 0.3) is 0 Å². The van der Waals surface area contributed by atoms with Crippen LogP contribution in [-0.2, 0) is 9.59 Å². The molecule has 1 rings (SSSR count). The average molecular weight is 240 g/mol. The van der Waals surface area contributed by atoms with Gasteiger partial charge in [-0.25, -0.2) is 4.79 Å². The van der Waals surface area contributed by atoms with Gasteiger partial charge in [-0.05, 0) is 0 Å². The lowest BCUT2D eigenvalue weighted by Gasteiger charge is -2.30. The Balaban J connectivity index is 3.33. The highest BCUT2D eigenvalue weighted by Gasteiger charge is 2.36. The molecule has 0 saturated carbocycles. The average Bonchev–Trinajstić information content (AvgIpc) is 2.14. The molecule has 4 N–H and O–H groups in total. The number of carboxylic acid groups (broad SMARTS) is 2. The lowest BCUT2D eigenvalue weighted by molar-refractivity contribution is -0.139. The zero-order valence-electron chi connectivity index (χ0n) is 9.97. The van der Waals surface area contributed by atoms with Crippen LogP contribution >= 0.6 is 0 Å². The van der Waals surface area contributed by atoms with Crippen LogP contribution in [0.4, 0.5) is 0 Å². The van der Waals surface area contributed by atoms with Crippen LogP contribution in [0.25, 0.3) is 0 Å². The standard InChI is InChI=1S/C11H16N2O4/c1-5-4-6(13(2)3)8(11(16)17)9(12)7(5)10(14)15/h4-5,8H,12H2,1-3H3,(H,14,15)(H,16,17). The van der Waals surface area contributed by atoms with Crippen LogP contribution in [0.15, 0.2) is 23.0 Å². The van der Waals surface area contributed by atoms with Crippen LogP contribution in [0.5, 0.6) is 0 Å². The fourth-order valence-electron chi connectivity index (χ4n) is 2.00. The fourth-order valence-corrected chi connectivity index (χ4v) is 2.00. The molecule has 0 aromatic heterocycles. The Morgan fingerprint density at radius 2 is 1.88 bits per heavy atom. The van der Waals surface area contributed by atoms with Crippen molar-refractivity contribution in [1.29, 1.82) is 0 Å². The summed E-state index contributed by atoms with van der Waals surface area (Å²) in [4.78, 5) is 23.9. The van der Waals surface area contributed by atoms with Gasteiger partial charge >= 0.3 is 11.9 Å². The predicted octanol–water partition coefficient (Wildman–Crippen LogP) is 0.0798. The van der Waals surface area contributed by atoms with E-state index in [0.717, 1.165) is 0 Å². The molecule has 0 aliphatic heterocycles. The van der Waals surface area contributed by atoms with E-state index < -0.39 is 23.8 Å². The molecule has 6 nitrogen and oxygen atoms in total. The summed E-state index contributed by atoms with van der Waals surface area (Å²) in [5.74, 6) is -3.81. The molecule has 0 bridgehead atoms. The number of hydrogen-bond donors (Lipinski definition) is 3. The molecular formula is C11H16N2O4. The summed E-state index contributed by atoms with van der Waals surface area (Å²) >= 11 is 0. The van der Waals surface area contributed by atoms with E-state index in [2.05, 4.69) is 0 Å². The monoisotopic (exact) mass is 240 g/mol. The molecule has 0 heterocycles. The summed E-state index contributed by atoms with van der Waals surface area (Å²) in [5, 5.41) is 18.2. The molecule has 1 aliphatic carbocycles. The van der Waals surface area contributed by atoms with E-state index in [-0.39, 0.29) is 11.3 Å². The summed E-state index contributed by atoms with van der Waals surface area (Å²) in [5.41, 5.74) is 6.07. The minimum absolute atomic E-state index is 0.0389. The SMILES string of the molecule is CC1C=C(N(C)C)C(C(=O)O)C(N)=C1C(=O)O. The lowest BCUT2D eigenvalue weighted by atomic mass is 9.84. The minimum atomic E-state index is -1.17. The van der Waals surface area contributed by atoms with Gasteiger partial charge in [-0.2, -0.15) is 0 Å². The van der Waals surface area contributed by atoms with Crippen molar-refractivity contribution < 1.29 is 19.8 Å². The number of carbonyl (C=O) groups is 2. The van der Waals surface area contributed by atoms with E-state index in [1.54, 1.807) is 32.0 Å². The van der Waals surface area contributed by atoms with Gasteiger partial charge in [-0.15, -0.1) is 0 Å². The zero-order chi connectivity index (χ0) is 13.3. The van der Waals surface area contributed by atoms with Gasteiger partial charge in [-0.3, -0.25) is 4.79 Å². The molecule has 0 aromatic carbocycles. The summed E-state index contributed by atoms with van der Waals surface area (Å²) in [7, 11) is 3.40. The second-order valence-corrected chi connectivity index (χ2v) is 4.22. The Morgan fingerprint density at radius 1 is 1.35 bits per heavy atom. The highest BCUT2D eigenvalue weighted by Crippen LogP contribution is 2.32. The number of hydrogen-bond acceptors (Lipinski definition) is 4. The molecule has 0 amide bonds. The van der Waals surface area contributed by atoms with Gasteiger partial charge < -0.3 is 20.8 Å². The Bertz CT molecular complexity index is 423. The first-order valence-corrected chi connectivity index (χ1v) is 5.12. The van der Waals surface area contributed by atoms with Crippen molar-refractivity contribution in [2.45, 2.75) is 6.92 Å². The van der Waals surface area contributed by atoms with Crippen LogP contribution in [0.2, 0.25) is 0 Å². The highest BCUT2D eigenvalue weighted by molar-refractivity contribution is 5.91. The Hall–Kier alpha value is -1.98. The molecule has 0 fully saturated rings. The van der Waals surface area contributed by atoms with Crippen molar-refractivity contribution in [2.24, 2.45) is 17.6 Å². The van der Waals surface area contributed by atoms with Crippen molar-refractivity contribution in [2.75, 3.05) is 14.1 Å². The fraction of sp³-hybridized carbons (Fsp3) is 0.455. The second kappa shape index (κ2) is 4.48. The van der Waals surface area contributed by atoms with Gasteiger partial charge in [0.15, 0.2) is 0 Å². The second-order valence-electron chi connectivity index (χ2n) is 4.22. The molecule has 94 valence electrons. The van der Waals surface area contributed by atoms with Crippen LogP contribution < -0.4 is 5.73 Å². The van der Waals surface area contributed by atoms with Crippen LogP contribution in [0.1, 0.15) is 6.92 Å². The van der Waals surface area contributed by atoms with E-state index in [1.165, 1.54) is 0 Å². The van der Waals surface area contributed by atoms with Gasteiger partial charge in [-0.1, -0.05) is 13.0 Å². The normalized spacial score (nSPS) is 24.3. The maximum absolute atomic E-state index is 11.2. The predicted molar refractivity (Wildman–Crippen MR) is 60.9 cm³/mol. The van der Waals surface area contributed by atoms with E-state index in [9.17, 15) is 9.59 Å². The van der Waals surface area contributed by atoms with Gasteiger partial charge in [0.05, 0.1) is 5.57 Å². The number of nitrogens with zero attached hydrogens (tertiary/aromatic N) is 1. The zero-order valence-corrected chi connectivity index (χ0v) is 9.97. The Morgan fingerprint density at radius 3 is 2.24 bits per heavy atom. The van der Waals surface area contributed by atoms with Gasteiger partial charge in [0.2, 0.25) is 0 Å². The highest BCUT2D eigenvalue weighted by atomic mass is 16.4. The molecule has 2 atom stereocenters. The Labute approximate surface area is 99.0 Å².